The van der Waals surface area contributed by atoms with E-state index in [1.54, 1.807) is 0 Å². The quantitative estimate of drug-likeness (QED) is 0.644. The average molecular weight is 481 g/mol. The van der Waals surface area contributed by atoms with E-state index in [2.05, 4.69) is 4.90 Å². The molecule has 7 heteroatoms. The molecule has 2 aromatic heterocycles. The normalized spacial score (nSPS) is 21.1. The van der Waals surface area contributed by atoms with Crippen LogP contribution < -0.4 is 0 Å². The minimum absolute atomic E-state index is 0.124. The molecule has 3 fully saturated rings. The molecule has 3 aliphatic rings. The van der Waals surface area contributed by atoms with Crippen LogP contribution in [0.25, 0.3) is 0 Å². The standard InChI is InChI=1S/C27H36N4O2S/c1-20-7-8-23(26(32)30-17-11-22(12-18-30)29-13-3-2-4-14-29)25(28-20)21-9-15-31(16-10-21)27(33)24-6-5-19-34-24/h5-8,19,21-22H,2-4,9-18H2,1H3. The molecule has 2 aromatic rings. The molecular formula is C27H36N4O2S. The molecule has 34 heavy (non-hydrogen) atoms. The number of aromatic nitrogens is 1. The first-order chi connectivity index (χ1) is 16.6. The molecule has 0 bridgehead atoms. The zero-order valence-corrected chi connectivity index (χ0v) is 21.1. The molecule has 0 radical (unpaired) electrons. The van der Waals surface area contributed by atoms with Gasteiger partial charge in [-0.3, -0.25) is 14.6 Å². The van der Waals surface area contributed by atoms with E-state index in [0.29, 0.717) is 19.1 Å². The van der Waals surface area contributed by atoms with Crippen LogP contribution in [0, 0.1) is 6.92 Å². The number of aryl methyl sites for hydroxylation is 1. The van der Waals surface area contributed by atoms with Crippen LogP contribution in [-0.4, -0.2) is 76.8 Å². The molecule has 0 unspecified atom stereocenters. The van der Waals surface area contributed by atoms with Crippen molar-refractivity contribution in [3.63, 3.8) is 0 Å². The predicted octanol–water partition coefficient (Wildman–Crippen LogP) is 4.56. The van der Waals surface area contributed by atoms with Gasteiger partial charge in [-0.25, -0.2) is 0 Å². The number of likely N-dealkylation sites (tertiary alicyclic amines) is 3. The molecule has 0 saturated carbocycles. The van der Waals surface area contributed by atoms with Gasteiger partial charge in [0.15, 0.2) is 0 Å². The van der Waals surface area contributed by atoms with Crippen molar-refractivity contribution in [1.29, 1.82) is 0 Å². The highest BCUT2D eigenvalue weighted by Gasteiger charge is 2.32. The zero-order valence-electron chi connectivity index (χ0n) is 20.2. The van der Waals surface area contributed by atoms with Crippen molar-refractivity contribution in [3.05, 3.63) is 51.5 Å². The Morgan fingerprint density at radius 3 is 2.21 bits per heavy atom. The summed E-state index contributed by atoms with van der Waals surface area (Å²) >= 11 is 1.50. The van der Waals surface area contributed by atoms with Crippen LogP contribution in [0.3, 0.4) is 0 Å². The van der Waals surface area contributed by atoms with E-state index in [1.807, 2.05) is 46.4 Å². The van der Waals surface area contributed by atoms with E-state index < -0.39 is 0 Å². The maximum absolute atomic E-state index is 13.6. The average Bonchev–Trinajstić information content (AvgIpc) is 3.44. The molecule has 0 aromatic carbocycles. The fraction of sp³-hybridized carbons (Fsp3) is 0.593. The molecule has 0 N–H and O–H groups in total. The molecule has 0 aliphatic carbocycles. The van der Waals surface area contributed by atoms with Crippen LogP contribution >= 0.6 is 11.3 Å². The van der Waals surface area contributed by atoms with Gasteiger partial charge in [0.05, 0.1) is 16.1 Å². The van der Waals surface area contributed by atoms with Crippen molar-refractivity contribution in [2.75, 3.05) is 39.3 Å². The van der Waals surface area contributed by atoms with Crippen molar-refractivity contribution in [3.8, 4) is 0 Å². The van der Waals surface area contributed by atoms with Gasteiger partial charge in [0.25, 0.3) is 11.8 Å². The summed E-state index contributed by atoms with van der Waals surface area (Å²) in [6.07, 6.45) is 7.84. The Balaban J connectivity index is 1.23. The van der Waals surface area contributed by atoms with Crippen LogP contribution in [0.5, 0.6) is 0 Å². The van der Waals surface area contributed by atoms with Crippen LogP contribution in [0.1, 0.15) is 82.3 Å². The molecule has 0 spiro atoms. The van der Waals surface area contributed by atoms with Crippen molar-refractivity contribution >= 4 is 23.2 Å². The first kappa shape index (κ1) is 23.5. The van der Waals surface area contributed by atoms with Gasteiger partial charge < -0.3 is 14.7 Å². The summed E-state index contributed by atoms with van der Waals surface area (Å²) in [5, 5.41) is 1.95. The Kier molecular flexibility index (Phi) is 7.30. The SMILES string of the molecule is Cc1ccc(C(=O)N2CCC(N3CCCCC3)CC2)c(C2CCN(C(=O)c3cccs3)CC2)n1. The Bertz CT molecular complexity index is 986. The number of carbonyl (C=O) groups is 2. The van der Waals surface area contributed by atoms with Gasteiger partial charge >= 0.3 is 0 Å². The summed E-state index contributed by atoms with van der Waals surface area (Å²) in [5.41, 5.74) is 2.66. The minimum Gasteiger partial charge on any atom is -0.338 e. The number of hydrogen-bond acceptors (Lipinski definition) is 5. The largest absolute Gasteiger partial charge is 0.338 e. The van der Waals surface area contributed by atoms with Gasteiger partial charge in [0, 0.05) is 43.8 Å². The molecule has 3 aliphatic heterocycles. The topological polar surface area (TPSA) is 56.8 Å². The van der Waals surface area contributed by atoms with E-state index in [1.165, 1.54) is 43.7 Å². The number of pyridine rings is 1. The first-order valence-electron chi connectivity index (χ1n) is 12.9. The minimum atomic E-state index is 0.124. The second kappa shape index (κ2) is 10.6. The molecular weight excluding hydrogens is 444 g/mol. The first-order valence-corrected chi connectivity index (χ1v) is 13.8. The highest BCUT2D eigenvalue weighted by atomic mass is 32.1. The fourth-order valence-corrected chi connectivity index (χ4v) is 6.56. The third-order valence-corrected chi connectivity index (χ3v) is 8.71. The van der Waals surface area contributed by atoms with Crippen molar-refractivity contribution in [2.24, 2.45) is 0 Å². The molecule has 5 rings (SSSR count). The highest BCUT2D eigenvalue weighted by Crippen LogP contribution is 2.32. The number of rotatable bonds is 4. The fourth-order valence-electron chi connectivity index (χ4n) is 5.87. The summed E-state index contributed by atoms with van der Waals surface area (Å²) in [5.74, 6) is 0.479. The Morgan fingerprint density at radius 2 is 1.53 bits per heavy atom. The van der Waals surface area contributed by atoms with Gasteiger partial charge in [-0.2, -0.15) is 0 Å². The summed E-state index contributed by atoms with van der Waals surface area (Å²) in [7, 11) is 0. The summed E-state index contributed by atoms with van der Waals surface area (Å²) in [4.78, 5) is 38.6. The van der Waals surface area contributed by atoms with Gasteiger partial charge in [0.2, 0.25) is 0 Å². The van der Waals surface area contributed by atoms with E-state index >= 15 is 0 Å². The molecule has 6 nitrogen and oxygen atoms in total. The Hall–Kier alpha value is -2.25. The van der Waals surface area contributed by atoms with Gasteiger partial charge in [-0.05, 0) is 82.1 Å². The lowest BCUT2D eigenvalue weighted by molar-refractivity contribution is 0.0585. The molecule has 3 saturated heterocycles. The Labute approximate surface area is 207 Å². The second-order valence-corrected chi connectivity index (χ2v) is 11.0. The van der Waals surface area contributed by atoms with Crippen LogP contribution in [0.15, 0.2) is 29.6 Å². The molecule has 0 atom stereocenters. The van der Waals surface area contributed by atoms with Gasteiger partial charge in [-0.1, -0.05) is 12.5 Å². The van der Waals surface area contributed by atoms with E-state index in [0.717, 1.165) is 60.6 Å². The molecule has 182 valence electrons. The monoisotopic (exact) mass is 480 g/mol. The Morgan fingerprint density at radius 1 is 0.853 bits per heavy atom. The number of hydrogen-bond donors (Lipinski definition) is 0. The molecule has 5 heterocycles. The number of piperidine rings is 3. The third-order valence-electron chi connectivity index (χ3n) is 7.85. The van der Waals surface area contributed by atoms with Crippen LogP contribution in [-0.2, 0) is 0 Å². The summed E-state index contributed by atoms with van der Waals surface area (Å²) < 4.78 is 0. The zero-order chi connectivity index (χ0) is 23.5. The smallest absolute Gasteiger partial charge is 0.263 e. The lowest BCUT2D eigenvalue weighted by Gasteiger charge is -2.40. The number of carbonyl (C=O) groups excluding carboxylic acids is 2. The number of nitrogens with zero attached hydrogens (tertiary/aromatic N) is 4. The van der Waals surface area contributed by atoms with Crippen LogP contribution in [0.2, 0.25) is 0 Å². The maximum Gasteiger partial charge on any atom is 0.263 e. The van der Waals surface area contributed by atoms with E-state index in [4.69, 9.17) is 4.98 Å². The lowest BCUT2D eigenvalue weighted by atomic mass is 9.89. The predicted molar refractivity (Wildman–Crippen MR) is 136 cm³/mol. The summed E-state index contributed by atoms with van der Waals surface area (Å²) in [6, 6.07) is 8.40. The van der Waals surface area contributed by atoms with Crippen LogP contribution in [0.4, 0.5) is 0 Å². The molecule has 2 amide bonds. The number of amides is 2. The third kappa shape index (κ3) is 5.05. The maximum atomic E-state index is 13.6. The van der Waals surface area contributed by atoms with E-state index in [9.17, 15) is 9.59 Å². The second-order valence-electron chi connectivity index (χ2n) is 10.0. The van der Waals surface area contributed by atoms with E-state index in [-0.39, 0.29) is 17.7 Å². The van der Waals surface area contributed by atoms with Gasteiger partial charge in [-0.15, -0.1) is 11.3 Å². The number of thiophene rings is 1. The highest BCUT2D eigenvalue weighted by molar-refractivity contribution is 7.12. The summed E-state index contributed by atoms with van der Waals surface area (Å²) in [6.45, 7) is 7.54. The van der Waals surface area contributed by atoms with Crippen molar-refractivity contribution < 1.29 is 9.59 Å². The van der Waals surface area contributed by atoms with Gasteiger partial charge in [0.1, 0.15) is 0 Å². The lowest BCUT2D eigenvalue weighted by Crippen LogP contribution is -2.48. The van der Waals surface area contributed by atoms with Crippen molar-refractivity contribution in [2.45, 2.75) is 63.8 Å². The van der Waals surface area contributed by atoms with Crippen molar-refractivity contribution in [1.82, 2.24) is 19.7 Å².